The summed E-state index contributed by atoms with van der Waals surface area (Å²) >= 11 is 11.8. The van der Waals surface area contributed by atoms with Crippen LogP contribution in [0.25, 0.3) is 0 Å². The molecule has 1 amide bonds. The fourth-order valence-electron chi connectivity index (χ4n) is 1.75. The molecule has 0 spiro atoms. The third-order valence-corrected chi connectivity index (χ3v) is 3.37. The lowest BCUT2D eigenvalue weighted by Crippen LogP contribution is -2.12. The molecule has 0 saturated carbocycles. The van der Waals surface area contributed by atoms with Gasteiger partial charge in [-0.3, -0.25) is 4.79 Å². The number of nitrogens with one attached hydrogen (secondary N) is 1. The second-order valence-corrected chi connectivity index (χ2v) is 5.26. The van der Waals surface area contributed by atoms with Crippen LogP contribution in [0.4, 0.5) is 11.4 Å². The van der Waals surface area contributed by atoms with Gasteiger partial charge in [0.15, 0.2) is 0 Å². The van der Waals surface area contributed by atoms with Crippen molar-refractivity contribution in [2.24, 2.45) is 0 Å². The van der Waals surface area contributed by atoms with Crippen molar-refractivity contribution in [1.29, 1.82) is 0 Å². The van der Waals surface area contributed by atoms with E-state index in [9.17, 15) is 4.79 Å². The molecule has 0 heterocycles. The number of hydrogen-bond acceptors (Lipinski definition) is 2. The molecule has 0 fully saturated rings. The first-order valence-electron chi connectivity index (χ1n) is 6.14. The summed E-state index contributed by atoms with van der Waals surface area (Å²) in [7, 11) is 0. The minimum absolute atomic E-state index is 0.0916. The molecule has 3 nitrogen and oxygen atoms in total. The number of carbonyl (C=O) groups excluding carboxylic acids is 1. The van der Waals surface area contributed by atoms with Gasteiger partial charge in [0.25, 0.3) is 0 Å². The van der Waals surface area contributed by atoms with Crippen molar-refractivity contribution < 1.29 is 4.79 Å². The summed E-state index contributed by atoms with van der Waals surface area (Å²) in [6.07, 6.45) is 1.03. The third-order valence-electron chi connectivity index (χ3n) is 2.83. The summed E-state index contributed by atoms with van der Waals surface area (Å²) in [5.74, 6) is -0.0916. The van der Waals surface area contributed by atoms with Crippen LogP contribution in [0.1, 0.15) is 12.0 Å². The van der Waals surface area contributed by atoms with Gasteiger partial charge in [0, 0.05) is 17.1 Å². The van der Waals surface area contributed by atoms with Crippen LogP contribution in [0.3, 0.4) is 0 Å². The minimum atomic E-state index is -0.0916. The highest BCUT2D eigenvalue weighted by Gasteiger charge is 2.06. The molecule has 0 bridgehead atoms. The van der Waals surface area contributed by atoms with E-state index in [-0.39, 0.29) is 5.91 Å². The van der Waals surface area contributed by atoms with Gasteiger partial charge in [0.05, 0.1) is 10.7 Å². The van der Waals surface area contributed by atoms with Gasteiger partial charge in [0.1, 0.15) is 0 Å². The van der Waals surface area contributed by atoms with Crippen molar-refractivity contribution in [3.05, 3.63) is 58.1 Å². The Kier molecular flexibility index (Phi) is 4.88. The van der Waals surface area contributed by atoms with Crippen molar-refractivity contribution >= 4 is 40.5 Å². The van der Waals surface area contributed by atoms with Crippen LogP contribution < -0.4 is 11.1 Å². The maximum absolute atomic E-state index is 11.9. The number of rotatable bonds is 4. The average Bonchev–Trinajstić information content (AvgIpc) is 2.41. The van der Waals surface area contributed by atoms with Crippen LogP contribution in [0, 0.1) is 0 Å². The first-order valence-corrected chi connectivity index (χ1v) is 6.89. The Bertz CT molecular complexity index is 612. The number of halogens is 2. The van der Waals surface area contributed by atoms with Crippen LogP contribution in [-0.2, 0) is 11.2 Å². The molecule has 0 atom stereocenters. The highest BCUT2D eigenvalue weighted by Crippen LogP contribution is 2.25. The van der Waals surface area contributed by atoms with Crippen LogP contribution in [0.5, 0.6) is 0 Å². The van der Waals surface area contributed by atoms with E-state index in [0.717, 1.165) is 5.56 Å². The lowest BCUT2D eigenvalue weighted by atomic mass is 10.1. The van der Waals surface area contributed by atoms with Gasteiger partial charge in [-0.2, -0.15) is 0 Å². The van der Waals surface area contributed by atoms with Crippen LogP contribution in [0.2, 0.25) is 10.0 Å². The molecule has 2 rings (SSSR count). The van der Waals surface area contributed by atoms with Crippen LogP contribution >= 0.6 is 23.2 Å². The zero-order valence-electron chi connectivity index (χ0n) is 10.7. The fraction of sp³-hybridized carbons (Fsp3) is 0.133. The summed E-state index contributed by atoms with van der Waals surface area (Å²) in [5, 5.41) is 3.73. The van der Waals surface area contributed by atoms with E-state index in [1.165, 1.54) is 0 Å². The predicted octanol–water partition coefficient (Wildman–Crippen LogP) is 4.15. The summed E-state index contributed by atoms with van der Waals surface area (Å²) in [6.45, 7) is 0. The van der Waals surface area contributed by atoms with Crippen LogP contribution in [-0.4, -0.2) is 5.91 Å². The molecule has 0 aromatic heterocycles. The first kappa shape index (κ1) is 14.7. The lowest BCUT2D eigenvalue weighted by Gasteiger charge is -2.07. The molecule has 0 radical (unpaired) electrons. The Morgan fingerprint density at radius 3 is 2.45 bits per heavy atom. The number of carbonyl (C=O) groups is 1. The summed E-state index contributed by atoms with van der Waals surface area (Å²) < 4.78 is 0. The van der Waals surface area contributed by atoms with E-state index in [1.807, 2.05) is 24.3 Å². The standard InChI is InChI=1S/C15H14Cl2N2O/c16-11-4-7-14(13(17)9-11)19-15(20)8-3-10-1-5-12(18)6-2-10/h1-2,4-7,9H,3,8,18H2,(H,19,20). The van der Waals surface area contributed by atoms with Crippen molar-refractivity contribution in [2.45, 2.75) is 12.8 Å². The zero-order valence-corrected chi connectivity index (χ0v) is 12.2. The smallest absolute Gasteiger partial charge is 0.224 e. The molecule has 0 unspecified atom stereocenters. The van der Waals surface area contributed by atoms with Crippen molar-refractivity contribution in [3.8, 4) is 0 Å². The number of aryl methyl sites for hydroxylation is 1. The zero-order chi connectivity index (χ0) is 14.5. The van der Waals surface area contributed by atoms with Crippen molar-refractivity contribution in [3.63, 3.8) is 0 Å². The number of amides is 1. The number of anilines is 2. The minimum Gasteiger partial charge on any atom is -0.399 e. The van der Waals surface area contributed by atoms with Gasteiger partial charge in [0.2, 0.25) is 5.91 Å². The SMILES string of the molecule is Nc1ccc(CCC(=O)Nc2ccc(Cl)cc2Cl)cc1. The topological polar surface area (TPSA) is 55.1 Å². The number of hydrogen-bond donors (Lipinski definition) is 2. The van der Waals surface area contributed by atoms with Gasteiger partial charge < -0.3 is 11.1 Å². The van der Waals surface area contributed by atoms with Crippen molar-refractivity contribution in [2.75, 3.05) is 11.1 Å². The molecule has 2 aromatic carbocycles. The molecule has 5 heteroatoms. The van der Waals surface area contributed by atoms with Gasteiger partial charge in [-0.05, 0) is 42.3 Å². The van der Waals surface area contributed by atoms with E-state index >= 15 is 0 Å². The lowest BCUT2D eigenvalue weighted by molar-refractivity contribution is -0.116. The summed E-state index contributed by atoms with van der Waals surface area (Å²) in [5.41, 5.74) is 7.96. The van der Waals surface area contributed by atoms with Crippen LogP contribution in [0.15, 0.2) is 42.5 Å². The van der Waals surface area contributed by atoms with Gasteiger partial charge in [-0.25, -0.2) is 0 Å². The summed E-state index contributed by atoms with van der Waals surface area (Å²) in [4.78, 5) is 11.9. The molecule has 0 saturated heterocycles. The Labute approximate surface area is 127 Å². The first-order chi connectivity index (χ1) is 9.54. The number of benzene rings is 2. The van der Waals surface area contributed by atoms with Crippen molar-refractivity contribution in [1.82, 2.24) is 0 Å². The van der Waals surface area contributed by atoms with E-state index < -0.39 is 0 Å². The molecule has 0 aliphatic heterocycles. The fourth-order valence-corrected chi connectivity index (χ4v) is 2.20. The molecule has 104 valence electrons. The largest absolute Gasteiger partial charge is 0.399 e. The summed E-state index contributed by atoms with van der Waals surface area (Å²) in [6, 6.07) is 12.4. The molecule has 2 aromatic rings. The number of nitrogen functional groups attached to an aromatic ring is 1. The molecule has 0 aliphatic rings. The molecular formula is C15H14Cl2N2O. The second kappa shape index (κ2) is 6.64. The van der Waals surface area contributed by atoms with Gasteiger partial charge >= 0.3 is 0 Å². The normalized spacial score (nSPS) is 10.3. The molecule has 20 heavy (non-hydrogen) atoms. The Morgan fingerprint density at radius 1 is 1.10 bits per heavy atom. The van der Waals surface area contributed by atoms with E-state index in [0.29, 0.717) is 34.3 Å². The quantitative estimate of drug-likeness (QED) is 0.834. The highest BCUT2D eigenvalue weighted by atomic mass is 35.5. The highest BCUT2D eigenvalue weighted by molar-refractivity contribution is 6.36. The monoisotopic (exact) mass is 308 g/mol. The molecule has 3 N–H and O–H groups in total. The average molecular weight is 309 g/mol. The van der Waals surface area contributed by atoms with Gasteiger partial charge in [-0.1, -0.05) is 35.3 Å². The Balaban J connectivity index is 1.90. The maximum atomic E-state index is 11.9. The van der Waals surface area contributed by atoms with E-state index in [2.05, 4.69) is 5.32 Å². The Morgan fingerprint density at radius 2 is 1.80 bits per heavy atom. The Hall–Kier alpha value is -1.71. The second-order valence-electron chi connectivity index (χ2n) is 4.41. The third kappa shape index (κ3) is 4.15. The van der Waals surface area contributed by atoms with E-state index in [4.69, 9.17) is 28.9 Å². The number of nitrogens with two attached hydrogens (primary N) is 1. The molecular weight excluding hydrogens is 295 g/mol. The van der Waals surface area contributed by atoms with Gasteiger partial charge in [-0.15, -0.1) is 0 Å². The van der Waals surface area contributed by atoms with E-state index in [1.54, 1.807) is 18.2 Å². The molecule has 0 aliphatic carbocycles. The maximum Gasteiger partial charge on any atom is 0.224 e. The predicted molar refractivity (Wildman–Crippen MR) is 84.3 cm³/mol.